The van der Waals surface area contributed by atoms with Gasteiger partial charge in [0.2, 0.25) is 10.0 Å². The van der Waals surface area contributed by atoms with Crippen LogP contribution in [0.2, 0.25) is 0 Å². The van der Waals surface area contributed by atoms with Crippen molar-refractivity contribution >= 4 is 10.0 Å². The zero-order chi connectivity index (χ0) is 16.1. The summed E-state index contributed by atoms with van der Waals surface area (Å²) in [5, 5.41) is 0. The molecule has 122 valence electrons. The zero-order valence-corrected chi connectivity index (χ0v) is 13.9. The molecule has 1 saturated heterocycles. The molecule has 0 bridgehead atoms. The maximum Gasteiger partial charge on any atom is 0.240 e. The highest BCUT2D eigenvalue weighted by Gasteiger charge is 2.25. The van der Waals surface area contributed by atoms with E-state index in [-0.39, 0.29) is 6.04 Å². The Morgan fingerprint density at radius 1 is 0.913 bits per heavy atom. The Hall–Kier alpha value is -1.69. The van der Waals surface area contributed by atoms with Crippen LogP contribution >= 0.6 is 0 Å². The van der Waals surface area contributed by atoms with Gasteiger partial charge in [0.25, 0.3) is 0 Å². The van der Waals surface area contributed by atoms with Gasteiger partial charge in [0, 0.05) is 12.6 Å². The van der Waals surface area contributed by atoms with E-state index in [1.807, 2.05) is 24.3 Å². The lowest BCUT2D eigenvalue weighted by molar-refractivity contribution is 0.246. The van der Waals surface area contributed by atoms with E-state index in [4.69, 9.17) is 0 Å². The number of hydrogen-bond acceptors (Lipinski definition) is 3. The van der Waals surface area contributed by atoms with Gasteiger partial charge in [-0.05, 0) is 43.6 Å². The first kappa shape index (κ1) is 16.2. The Bertz CT molecular complexity index is 711. The highest BCUT2D eigenvalue weighted by atomic mass is 32.2. The van der Waals surface area contributed by atoms with Crippen LogP contribution in [0.3, 0.4) is 0 Å². The quantitative estimate of drug-likeness (QED) is 0.886. The molecule has 5 heteroatoms. The topological polar surface area (TPSA) is 49.4 Å². The second-order valence-corrected chi connectivity index (χ2v) is 7.60. The average Bonchev–Trinajstić information content (AvgIpc) is 3.11. The van der Waals surface area contributed by atoms with Crippen molar-refractivity contribution in [2.24, 2.45) is 0 Å². The second-order valence-electron chi connectivity index (χ2n) is 5.83. The molecular weight excluding hydrogens is 308 g/mol. The van der Waals surface area contributed by atoms with Gasteiger partial charge in [0.1, 0.15) is 0 Å². The molecule has 1 atom stereocenters. The predicted octanol–water partition coefficient (Wildman–Crippen LogP) is 2.80. The molecule has 2 aromatic rings. The number of rotatable bonds is 6. The Balaban J connectivity index is 1.77. The number of likely N-dealkylation sites (tertiary alicyclic amines) is 1. The van der Waals surface area contributed by atoms with Gasteiger partial charge in [-0.1, -0.05) is 48.5 Å². The van der Waals surface area contributed by atoms with Gasteiger partial charge < -0.3 is 0 Å². The fourth-order valence-electron chi connectivity index (χ4n) is 3.06. The maximum atomic E-state index is 12.5. The van der Waals surface area contributed by atoms with Gasteiger partial charge in [0.15, 0.2) is 0 Å². The van der Waals surface area contributed by atoms with Gasteiger partial charge in [-0.15, -0.1) is 0 Å². The van der Waals surface area contributed by atoms with Crippen LogP contribution in [-0.2, 0) is 10.0 Å². The van der Waals surface area contributed by atoms with Crippen molar-refractivity contribution in [2.75, 3.05) is 19.6 Å². The number of benzene rings is 2. The first-order valence-electron chi connectivity index (χ1n) is 8.00. The molecule has 1 aliphatic heterocycles. The van der Waals surface area contributed by atoms with Gasteiger partial charge in [0.05, 0.1) is 4.90 Å². The Kier molecular flexibility index (Phi) is 5.10. The van der Waals surface area contributed by atoms with Crippen LogP contribution in [0.5, 0.6) is 0 Å². The molecule has 2 aromatic carbocycles. The number of nitrogens with one attached hydrogen (secondary N) is 1. The standard InChI is InChI=1S/C18H22N2O2S/c21-23(22,17-11-5-2-6-12-17)19-15-18(20-13-7-8-14-20)16-9-3-1-4-10-16/h1-6,9-12,18-19H,7-8,13-15H2/t18-/m0/s1. The second kappa shape index (κ2) is 7.25. The summed E-state index contributed by atoms with van der Waals surface area (Å²) in [4.78, 5) is 2.68. The summed E-state index contributed by atoms with van der Waals surface area (Å²) in [7, 11) is -3.47. The molecule has 23 heavy (non-hydrogen) atoms. The van der Waals surface area contributed by atoms with Crippen molar-refractivity contribution in [2.45, 2.75) is 23.8 Å². The first-order chi connectivity index (χ1) is 11.2. The lowest BCUT2D eigenvalue weighted by Crippen LogP contribution is -2.36. The van der Waals surface area contributed by atoms with E-state index >= 15 is 0 Å². The Morgan fingerprint density at radius 2 is 1.48 bits per heavy atom. The van der Waals surface area contributed by atoms with E-state index < -0.39 is 10.0 Å². The summed E-state index contributed by atoms with van der Waals surface area (Å²) in [6.45, 7) is 2.43. The third kappa shape index (κ3) is 3.99. The van der Waals surface area contributed by atoms with Crippen molar-refractivity contribution < 1.29 is 8.42 Å². The summed E-state index contributed by atoms with van der Waals surface area (Å²) < 4.78 is 27.7. The molecule has 0 spiro atoms. The van der Waals surface area contributed by atoms with E-state index in [1.165, 1.54) is 12.8 Å². The van der Waals surface area contributed by atoms with E-state index in [9.17, 15) is 8.42 Å². The normalized spacial score (nSPS) is 17.2. The summed E-state index contributed by atoms with van der Waals surface area (Å²) in [5.41, 5.74) is 1.16. The van der Waals surface area contributed by atoms with Gasteiger partial charge in [-0.3, -0.25) is 4.90 Å². The minimum atomic E-state index is -3.47. The summed E-state index contributed by atoms with van der Waals surface area (Å²) >= 11 is 0. The molecule has 0 radical (unpaired) electrons. The predicted molar refractivity (Wildman–Crippen MR) is 91.6 cm³/mol. The number of sulfonamides is 1. The number of hydrogen-bond donors (Lipinski definition) is 1. The molecule has 0 saturated carbocycles. The van der Waals surface area contributed by atoms with Gasteiger partial charge in [-0.25, -0.2) is 13.1 Å². The minimum Gasteiger partial charge on any atom is -0.295 e. The summed E-state index contributed by atoms with van der Waals surface area (Å²) in [6.07, 6.45) is 2.35. The Labute approximate surface area is 138 Å². The summed E-state index contributed by atoms with van der Waals surface area (Å²) in [6, 6.07) is 18.7. The molecule has 0 aliphatic carbocycles. The molecule has 0 unspecified atom stereocenters. The highest BCUT2D eigenvalue weighted by molar-refractivity contribution is 7.89. The fraction of sp³-hybridized carbons (Fsp3) is 0.333. The van der Waals surface area contributed by atoms with E-state index in [1.54, 1.807) is 24.3 Å². The third-order valence-electron chi connectivity index (χ3n) is 4.29. The van der Waals surface area contributed by atoms with Crippen molar-refractivity contribution in [1.82, 2.24) is 9.62 Å². The van der Waals surface area contributed by atoms with E-state index in [2.05, 4.69) is 21.8 Å². The minimum absolute atomic E-state index is 0.0807. The Morgan fingerprint density at radius 3 is 2.09 bits per heavy atom. The van der Waals surface area contributed by atoms with Crippen molar-refractivity contribution in [3.63, 3.8) is 0 Å². The molecule has 3 rings (SSSR count). The monoisotopic (exact) mass is 330 g/mol. The van der Waals surface area contributed by atoms with E-state index in [0.29, 0.717) is 11.4 Å². The van der Waals surface area contributed by atoms with Crippen LogP contribution in [-0.4, -0.2) is 33.0 Å². The molecular formula is C18H22N2O2S. The van der Waals surface area contributed by atoms with Crippen LogP contribution in [0.15, 0.2) is 65.6 Å². The SMILES string of the molecule is O=S(=O)(NC[C@@H](c1ccccc1)N1CCCC1)c1ccccc1. The lowest BCUT2D eigenvalue weighted by atomic mass is 10.1. The summed E-state index contributed by atoms with van der Waals surface area (Å²) in [5.74, 6) is 0. The molecule has 1 fully saturated rings. The molecule has 1 aliphatic rings. The maximum absolute atomic E-state index is 12.5. The number of nitrogens with zero attached hydrogens (tertiary/aromatic N) is 1. The van der Waals surface area contributed by atoms with Crippen LogP contribution in [0.4, 0.5) is 0 Å². The molecule has 0 amide bonds. The molecule has 4 nitrogen and oxygen atoms in total. The van der Waals surface area contributed by atoms with Crippen LogP contribution in [0.25, 0.3) is 0 Å². The van der Waals surface area contributed by atoms with E-state index in [0.717, 1.165) is 18.7 Å². The van der Waals surface area contributed by atoms with Crippen molar-refractivity contribution in [3.05, 3.63) is 66.2 Å². The smallest absolute Gasteiger partial charge is 0.240 e. The third-order valence-corrected chi connectivity index (χ3v) is 5.73. The molecule has 1 heterocycles. The average molecular weight is 330 g/mol. The molecule has 0 aromatic heterocycles. The van der Waals surface area contributed by atoms with Crippen LogP contribution in [0.1, 0.15) is 24.4 Å². The fourth-order valence-corrected chi connectivity index (χ4v) is 4.12. The largest absolute Gasteiger partial charge is 0.295 e. The van der Waals surface area contributed by atoms with Gasteiger partial charge >= 0.3 is 0 Å². The van der Waals surface area contributed by atoms with Crippen molar-refractivity contribution in [1.29, 1.82) is 0 Å². The van der Waals surface area contributed by atoms with Crippen molar-refractivity contribution in [3.8, 4) is 0 Å². The highest BCUT2D eigenvalue weighted by Crippen LogP contribution is 2.25. The zero-order valence-electron chi connectivity index (χ0n) is 13.1. The molecule has 1 N–H and O–H groups in total. The van der Waals surface area contributed by atoms with Crippen LogP contribution in [0, 0.1) is 0 Å². The lowest BCUT2D eigenvalue weighted by Gasteiger charge is -2.28. The van der Waals surface area contributed by atoms with Crippen LogP contribution < -0.4 is 4.72 Å². The first-order valence-corrected chi connectivity index (χ1v) is 9.49. The van der Waals surface area contributed by atoms with Gasteiger partial charge in [-0.2, -0.15) is 0 Å².